The highest BCUT2D eigenvalue weighted by Gasteiger charge is 2.09. The van der Waals surface area contributed by atoms with Crippen molar-refractivity contribution in [2.24, 2.45) is 0 Å². The van der Waals surface area contributed by atoms with Crippen LogP contribution < -0.4 is 9.47 Å². The van der Waals surface area contributed by atoms with Gasteiger partial charge in [0.05, 0.1) is 18.7 Å². The summed E-state index contributed by atoms with van der Waals surface area (Å²) < 4.78 is 15.9. The molecule has 0 saturated carbocycles. The van der Waals surface area contributed by atoms with Gasteiger partial charge >= 0.3 is 5.97 Å². The second-order valence-corrected chi connectivity index (χ2v) is 5.95. The molecule has 3 aromatic rings. The summed E-state index contributed by atoms with van der Waals surface area (Å²) in [6.07, 6.45) is 0. The lowest BCUT2D eigenvalue weighted by molar-refractivity contribution is -0.147. The van der Waals surface area contributed by atoms with Gasteiger partial charge in [-0.3, -0.25) is 0 Å². The fourth-order valence-corrected chi connectivity index (χ4v) is 2.69. The Morgan fingerprint density at radius 3 is 2.32 bits per heavy atom. The Morgan fingerprint density at radius 2 is 1.61 bits per heavy atom. The minimum absolute atomic E-state index is 0.147. The summed E-state index contributed by atoms with van der Waals surface area (Å²) in [4.78, 5) is 11.9. The summed E-state index contributed by atoms with van der Waals surface area (Å²) in [5.74, 6) is 0.579. The zero-order chi connectivity index (χ0) is 19.8. The van der Waals surface area contributed by atoms with E-state index in [0.29, 0.717) is 17.1 Å². The van der Waals surface area contributed by atoms with Gasteiger partial charge in [-0.05, 0) is 34.9 Å². The number of para-hydroxylation sites is 2. The van der Waals surface area contributed by atoms with E-state index in [2.05, 4.69) is 6.07 Å². The number of carbonyl (C=O) groups excluding carboxylic acids is 1. The largest absolute Gasteiger partial charge is 0.493 e. The van der Waals surface area contributed by atoms with Gasteiger partial charge in [0.15, 0.2) is 18.1 Å². The predicted octanol–water partition coefficient (Wildman–Crippen LogP) is 4.36. The molecule has 0 aromatic heterocycles. The lowest BCUT2D eigenvalue weighted by atomic mass is 9.99. The third-order valence-corrected chi connectivity index (χ3v) is 4.13. The summed E-state index contributed by atoms with van der Waals surface area (Å²) in [6.45, 7) is -0.0533. The molecule has 5 heteroatoms. The van der Waals surface area contributed by atoms with Gasteiger partial charge in [0.25, 0.3) is 0 Å². The molecular weight excluding hydrogens is 354 g/mol. The Kier molecular flexibility index (Phi) is 6.27. The van der Waals surface area contributed by atoms with E-state index in [1.165, 1.54) is 0 Å². The van der Waals surface area contributed by atoms with Crippen molar-refractivity contribution in [3.63, 3.8) is 0 Å². The minimum Gasteiger partial charge on any atom is -0.493 e. The molecule has 0 aliphatic heterocycles. The molecule has 0 radical (unpaired) electrons. The molecule has 0 fully saturated rings. The fourth-order valence-electron chi connectivity index (χ4n) is 2.69. The minimum atomic E-state index is -0.468. The van der Waals surface area contributed by atoms with E-state index < -0.39 is 5.97 Å². The maximum Gasteiger partial charge on any atom is 0.344 e. The smallest absolute Gasteiger partial charge is 0.344 e. The summed E-state index contributed by atoms with van der Waals surface area (Å²) in [7, 11) is 1.54. The number of hydrogen-bond donors (Lipinski definition) is 0. The van der Waals surface area contributed by atoms with Crippen molar-refractivity contribution in [2.75, 3.05) is 13.7 Å². The molecule has 140 valence electrons. The fraction of sp³-hybridized carbons (Fsp3) is 0.130. The topological polar surface area (TPSA) is 68.6 Å². The third kappa shape index (κ3) is 4.68. The van der Waals surface area contributed by atoms with Gasteiger partial charge < -0.3 is 14.2 Å². The number of carbonyl (C=O) groups is 1. The van der Waals surface area contributed by atoms with Gasteiger partial charge in [-0.15, -0.1) is 0 Å². The molecule has 0 aliphatic carbocycles. The van der Waals surface area contributed by atoms with Crippen molar-refractivity contribution in [3.05, 3.63) is 83.9 Å². The Hall–Kier alpha value is -3.78. The second-order valence-electron chi connectivity index (χ2n) is 5.95. The maximum atomic E-state index is 11.9. The molecule has 28 heavy (non-hydrogen) atoms. The van der Waals surface area contributed by atoms with Crippen molar-refractivity contribution in [2.45, 2.75) is 6.61 Å². The van der Waals surface area contributed by atoms with Crippen LogP contribution in [0.2, 0.25) is 0 Å². The molecular formula is C23H19NO4. The standard InChI is InChI=1S/C23H19NO4/c1-26-21-8-4-5-9-22(21)27-16-23(25)28-15-17-10-12-18(13-11-17)20-7-3-2-6-19(20)14-24/h2-13H,15-16H2,1H3. The van der Waals surface area contributed by atoms with Crippen LogP contribution in [0.15, 0.2) is 72.8 Å². The highest BCUT2D eigenvalue weighted by molar-refractivity contribution is 5.72. The first-order valence-corrected chi connectivity index (χ1v) is 8.71. The zero-order valence-electron chi connectivity index (χ0n) is 15.4. The normalized spacial score (nSPS) is 10.0. The van der Waals surface area contributed by atoms with Crippen molar-refractivity contribution < 1.29 is 19.0 Å². The summed E-state index contributed by atoms with van der Waals surface area (Å²) in [5.41, 5.74) is 3.28. The molecule has 0 unspecified atom stereocenters. The van der Waals surface area contributed by atoms with Gasteiger partial charge in [0.2, 0.25) is 0 Å². The molecule has 0 atom stereocenters. The second kappa shape index (κ2) is 9.24. The number of ether oxygens (including phenoxy) is 3. The average molecular weight is 373 g/mol. The van der Waals surface area contributed by atoms with Crippen molar-refractivity contribution in [1.29, 1.82) is 5.26 Å². The van der Waals surface area contributed by atoms with E-state index in [4.69, 9.17) is 14.2 Å². The van der Waals surface area contributed by atoms with Gasteiger partial charge in [-0.25, -0.2) is 4.79 Å². The van der Waals surface area contributed by atoms with Crippen LogP contribution in [-0.4, -0.2) is 19.7 Å². The van der Waals surface area contributed by atoms with Crippen LogP contribution in [0.5, 0.6) is 11.5 Å². The van der Waals surface area contributed by atoms with Crippen molar-refractivity contribution in [3.8, 4) is 28.7 Å². The first kappa shape index (κ1) is 19.0. The molecule has 5 nitrogen and oxygen atoms in total. The number of rotatable bonds is 7. The summed E-state index contributed by atoms with van der Waals surface area (Å²) in [6, 6.07) is 24.3. The first-order valence-electron chi connectivity index (χ1n) is 8.71. The lowest BCUT2D eigenvalue weighted by Gasteiger charge is -2.10. The predicted molar refractivity (Wildman–Crippen MR) is 105 cm³/mol. The number of esters is 1. The Morgan fingerprint density at radius 1 is 0.929 bits per heavy atom. The highest BCUT2D eigenvalue weighted by atomic mass is 16.6. The van der Waals surface area contributed by atoms with Gasteiger partial charge in [-0.1, -0.05) is 54.6 Å². The van der Waals surface area contributed by atoms with E-state index in [1.54, 1.807) is 31.4 Å². The van der Waals surface area contributed by atoms with Crippen LogP contribution >= 0.6 is 0 Å². The number of benzene rings is 3. The molecule has 3 rings (SSSR count). The van der Waals surface area contributed by atoms with E-state index in [9.17, 15) is 10.1 Å². The number of nitriles is 1. The van der Waals surface area contributed by atoms with Crippen LogP contribution in [0.3, 0.4) is 0 Å². The molecule has 0 spiro atoms. The monoisotopic (exact) mass is 373 g/mol. The molecule has 0 saturated heterocycles. The maximum absolute atomic E-state index is 11.9. The molecule has 0 bridgehead atoms. The van der Waals surface area contributed by atoms with Crippen molar-refractivity contribution in [1.82, 2.24) is 0 Å². The molecule has 0 aliphatic rings. The summed E-state index contributed by atoms with van der Waals surface area (Å²) in [5, 5.41) is 9.22. The Balaban J connectivity index is 1.55. The molecule has 0 N–H and O–H groups in total. The SMILES string of the molecule is COc1ccccc1OCC(=O)OCc1ccc(-c2ccccc2C#N)cc1. The summed E-state index contributed by atoms with van der Waals surface area (Å²) >= 11 is 0. The lowest BCUT2D eigenvalue weighted by Crippen LogP contribution is -2.15. The Labute approximate surface area is 163 Å². The molecule has 0 amide bonds. The molecule has 3 aromatic carbocycles. The van der Waals surface area contributed by atoms with Crippen LogP contribution in [0.4, 0.5) is 0 Å². The van der Waals surface area contributed by atoms with Gasteiger partial charge in [-0.2, -0.15) is 5.26 Å². The Bertz CT molecular complexity index is 990. The zero-order valence-corrected chi connectivity index (χ0v) is 15.4. The first-order chi connectivity index (χ1) is 13.7. The quantitative estimate of drug-likeness (QED) is 0.576. The van der Waals surface area contributed by atoms with Crippen LogP contribution in [-0.2, 0) is 16.1 Å². The van der Waals surface area contributed by atoms with Gasteiger partial charge in [0, 0.05) is 0 Å². The van der Waals surface area contributed by atoms with Crippen molar-refractivity contribution >= 4 is 5.97 Å². The van der Waals surface area contributed by atoms with E-state index in [1.807, 2.05) is 48.5 Å². The van der Waals surface area contributed by atoms with Crippen LogP contribution in [0, 0.1) is 11.3 Å². The number of methoxy groups -OCH3 is 1. The van der Waals surface area contributed by atoms with Crippen LogP contribution in [0.1, 0.15) is 11.1 Å². The van der Waals surface area contributed by atoms with E-state index in [-0.39, 0.29) is 13.2 Å². The van der Waals surface area contributed by atoms with E-state index in [0.717, 1.165) is 16.7 Å². The van der Waals surface area contributed by atoms with Crippen LogP contribution in [0.25, 0.3) is 11.1 Å². The number of hydrogen-bond acceptors (Lipinski definition) is 5. The highest BCUT2D eigenvalue weighted by Crippen LogP contribution is 2.26. The average Bonchev–Trinajstić information content (AvgIpc) is 2.76. The molecule has 0 heterocycles. The van der Waals surface area contributed by atoms with Gasteiger partial charge in [0.1, 0.15) is 6.61 Å². The number of nitrogens with zero attached hydrogens (tertiary/aromatic N) is 1. The van der Waals surface area contributed by atoms with E-state index >= 15 is 0 Å². The third-order valence-electron chi connectivity index (χ3n) is 4.13.